The molecule has 0 aliphatic heterocycles. The molecule has 1 N–H and O–H groups in total. The first kappa shape index (κ1) is 21.6. The monoisotopic (exact) mass is 439 g/mol. The van der Waals surface area contributed by atoms with E-state index < -0.39 is 10.9 Å². The second kappa shape index (κ2) is 9.28. The number of carboxylic acid groups (broad SMARTS) is 1. The molecule has 4 rings (SSSR count). The molecule has 0 saturated heterocycles. The number of aromatic carboxylic acids is 1. The van der Waals surface area contributed by atoms with E-state index in [0.717, 1.165) is 16.7 Å². The fraction of sp³-hybridized carbons (Fsp3) is 0. The number of para-hydroxylation sites is 1. The quantitative estimate of drug-likeness (QED) is 0.201. The highest BCUT2D eigenvalue weighted by Gasteiger charge is 2.14. The van der Waals surface area contributed by atoms with Crippen LogP contribution in [0, 0.1) is 15.9 Å². The highest BCUT2D eigenvalue weighted by molar-refractivity contribution is 5.94. The van der Waals surface area contributed by atoms with E-state index in [2.05, 4.69) is 0 Å². The maximum Gasteiger partial charge on any atom is 0.336 e. The number of hydrogen-bond donors (Lipinski definition) is 1. The highest BCUT2D eigenvalue weighted by atomic mass is 19.1. The van der Waals surface area contributed by atoms with E-state index in [9.17, 15) is 24.4 Å². The fourth-order valence-electron chi connectivity index (χ4n) is 3.55. The lowest BCUT2D eigenvalue weighted by atomic mass is 9.98. The van der Waals surface area contributed by atoms with Gasteiger partial charge in [-0.05, 0) is 58.1 Å². The lowest BCUT2D eigenvalue weighted by molar-refractivity contribution is -0.384. The third-order valence-electron chi connectivity index (χ3n) is 5.24. The Morgan fingerprint density at radius 2 is 1.45 bits per heavy atom. The van der Waals surface area contributed by atoms with Crippen LogP contribution in [0.4, 0.5) is 10.1 Å². The van der Waals surface area contributed by atoms with Gasteiger partial charge in [0.25, 0.3) is 5.69 Å². The van der Waals surface area contributed by atoms with Crippen LogP contribution in [-0.2, 0) is 0 Å². The van der Waals surface area contributed by atoms with Gasteiger partial charge in [0.05, 0.1) is 16.1 Å². The van der Waals surface area contributed by atoms with E-state index in [-0.39, 0.29) is 17.1 Å². The van der Waals surface area contributed by atoms with Crippen molar-refractivity contribution in [3.05, 3.63) is 124 Å². The minimum atomic E-state index is -1.05. The summed E-state index contributed by atoms with van der Waals surface area (Å²) >= 11 is 0. The van der Waals surface area contributed by atoms with Crippen molar-refractivity contribution in [3.63, 3.8) is 0 Å². The van der Waals surface area contributed by atoms with Crippen molar-refractivity contribution in [2.24, 2.45) is 0 Å². The van der Waals surface area contributed by atoms with Gasteiger partial charge in [0.15, 0.2) is 0 Å². The van der Waals surface area contributed by atoms with Gasteiger partial charge in [0.2, 0.25) is 0 Å². The minimum absolute atomic E-state index is 0.0319. The average molecular weight is 439 g/mol. The number of benzene rings is 4. The summed E-state index contributed by atoms with van der Waals surface area (Å²) in [6, 6.07) is 24.7. The first-order valence-corrected chi connectivity index (χ1v) is 10.1. The third-order valence-corrected chi connectivity index (χ3v) is 5.24. The molecule has 0 aromatic heterocycles. The summed E-state index contributed by atoms with van der Waals surface area (Å²) in [5, 5.41) is 20.8. The predicted octanol–water partition coefficient (Wildman–Crippen LogP) is 6.94. The van der Waals surface area contributed by atoms with Gasteiger partial charge in [0, 0.05) is 6.07 Å². The Kier molecular flexibility index (Phi) is 6.09. The van der Waals surface area contributed by atoms with E-state index in [1.807, 2.05) is 12.1 Å². The molecule has 33 heavy (non-hydrogen) atoms. The Morgan fingerprint density at radius 1 is 0.818 bits per heavy atom. The van der Waals surface area contributed by atoms with E-state index in [4.69, 9.17) is 0 Å². The number of rotatable bonds is 6. The number of nitro groups is 1. The van der Waals surface area contributed by atoms with Gasteiger partial charge < -0.3 is 5.11 Å². The number of hydrogen-bond acceptors (Lipinski definition) is 3. The standard InChI is InChI=1S/C27H18FNO4/c28-23-14-11-19(12-15-23)21-13-16-25(27(30)31)22(17-21)10-7-18-5-8-20(9-6-18)24-3-1-2-4-26(24)29(32)33/h1-17H,(H,30,31). The van der Waals surface area contributed by atoms with E-state index in [0.29, 0.717) is 16.7 Å². The zero-order valence-electron chi connectivity index (χ0n) is 17.3. The van der Waals surface area contributed by atoms with Crippen molar-refractivity contribution in [2.45, 2.75) is 0 Å². The Morgan fingerprint density at radius 3 is 2.12 bits per heavy atom. The molecule has 0 atom stereocenters. The fourth-order valence-corrected chi connectivity index (χ4v) is 3.55. The topological polar surface area (TPSA) is 80.4 Å². The van der Waals surface area contributed by atoms with Crippen LogP contribution in [0.1, 0.15) is 21.5 Å². The zero-order valence-corrected chi connectivity index (χ0v) is 17.3. The van der Waals surface area contributed by atoms with Gasteiger partial charge in [-0.1, -0.05) is 66.7 Å². The van der Waals surface area contributed by atoms with Gasteiger partial charge in [0.1, 0.15) is 5.82 Å². The molecular formula is C27H18FNO4. The van der Waals surface area contributed by atoms with Gasteiger partial charge in [-0.15, -0.1) is 0 Å². The predicted molar refractivity (Wildman–Crippen MR) is 126 cm³/mol. The first-order chi connectivity index (χ1) is 15.9. The Hall–Kier alpha value is -4.58. The molecule has 0 aliphatic carbocycles. The number of nitrogens with zero attached hydrogens (tertiary/aromatic N) is 1. The van der Waals surface area contributed by atoms with Crippen molar-refractivity contribution in [1.29, 1.82) is 0 Å². The molecule has 0 amide bonds. The SMILES string of the molecule is O=C(O)c1ccc(-c2ccc(F)cc2)cc1C=Cc1ccc(-c2ccccc2[N+](=O)[O-])cc1. The molecule has 162 valence electrons. The molecule has 0 bridgehead atoms. The van der Waals surface area contributed by atoms with Gasteiger partial charge in [-0.2, -0.15) is 0 Å². The lowest BCUT2D eigenvalue weighted by Gasteiger charge is -2.07. The maximum atomic E-state index is 13.2. The second-order valence-electron chi connectivity index (χ2n) is 7.34. The Labute approximate surface area is 189 Å². The molecule has 4 aromatic rings. The highest BCUT2D eigenvalue weighted by Crippen LogP contribution is 2.30. The number of carboxylic acids is 1. The van der Waals surface area contributed by atoms with Crippen LogP contribution in [0.15, 0.2) is 91.0 Å². The van der Waals surface area contributed by atoms with Crippen LogP contribution < -0.4 is 0 Å². The summed E-state index contributed by atoms with van der Waals surface area (Å²) in [6.07, 6.45) is 3.48. The number of nitro benzene ring substituents is 1. The van der Waals surface area contributed by atoms with Crippen molar-refractivity contribution >= 4 is 23.8 Å². The zero-order chi connectivity index (χ0) is 23.4. The molecule has 0 radical (unpaired) electrons. The van der Waals surface area contributed by atoms with E-state index in [1.165, 1.54) is 24.3 Å². The van der Waals surface area contributed by atoms with Gasteiger partial charge in [-0.3, -0.25) is 10.1 Å². The molecule has 5 nitrogen and oxygen atoms in total. The number of halogens is 1. The molecule has 0 saturated carbocycles. The summed E-state index contributed by atoms with van der Waals surface area (Å²) in [5.74, 6) is -1.39. The number of carbonyl (C=O) groups is 1. The molecule has 0 spiro atoms. The Bertz CT molecular complexity index is 1360. The van der Waals surface area contributed by atoms with Crippen LogP contribution in [0.5, 0.6) is 0 Å². The van der Waals surface area contributed by atoms with Crippen molar-refractivity contribution < 1.29 is 19.2 Å². The van der Waals surface area contributed by atoms with Crippen LogP contribution in [0.25, 0.3) is 34.4 Å². The molecule has 0 aliphatic rings. The molecule has 0 heterocycles. The molecular weight excluding hydrogens is 421 g/mol. The van der Waals surface area contributed by atoms with Gasteiger partial charge in [-0.25, -0.2) is 9.18 Å². The van der Waals surface area contributed by atoms with Gasteiger partial charge >= 0.3 is 5.97 Å². The summed E-state index contributed by atoms with van der Waals surface area (Å²) in [6.45, 7) is 0. The molecule has 4 aromatic carbocycles. The van der Waals surface area contributed by atoms with Crippen LogP contribution >= 0.6 is 0 Å². The molecule has 6 heteroatoms. The van der Waals surface area contributed by atoms with Crippen LogP contribution in [-0.4, -0.2) is 16.0 Å². The van der Waals surface area contributed by atoms with Crippen molar-refractivity contribution in [2.75, 3.05) is 0 Å². The minimum Gasteiger partial charge on any atom is -0.478 e. The third kappa shape index (κ3) is 4.85. The first-order valence-electron chi connectivity index (χ1n) is 10.1. The summed E-state index contributed by atoms with van der Waals surface area (Å²) in [7, 11) is 0. The van der Waals surface area contributed by atoms with Crippen molar-refractivity contribution in [1.82, 2.24) is 0 Å². The lowest BCUT2D eigenvalue weighted by Crippen LogP contribution is -1.99. The largest absolute Gasteiger partial charge is 0.478 e. The van der Waals surface area contributed by atoms with Crippen molar-refractivity contribution in [3.8, 4) is 22.3 Å². The summed E-state index contributed by atoms with van der Waals surface area (Å²) in [5.41, 5.74) is 4.27. The normalized spacial score (nSPS) is 10.9. The smallest absolute Gasteiger partial charge is 0.336 e. The molecule has 0 unspecified atom stereocenters. The summed E-state index contributed by atoms with van der Waals surface area (Å²) in [4.78, 5) is 22.5. The average Bonchev–Trinajstić information content (AvgIpc) is 2.83. The second-order valence-corrected chi connectivity index (χ2v) is 7.34. The molecule has 0 fully saturated rings. The summed E-state index contributed by atoms with van der Waals surface area (Å²) < 4.78 is 13.2. The van der Waals surface area contributed by atoms with E-state index >= 15 is 0 Å². The maximum absolute atomic E-state index is 13.2. The Balaban J connectivity index is 1.65. The van der Waals surface area contributed by atoms with Crippen LogP contribution in [0.3, 0.4) is 0 Å². The van der Waals surface area contributed by atoms with E-state index in [1.54, 1.807) is 66.7 Å². The van der Waals surface area contributed by atoms with Crippen LogP contribution in [0.2, 0.25) is 0 Å².